The van der Waals surface area contributed by atoms with Crippen LogP contribution in [0.5, 0.6) is 5.75 Å². The van der Waals surface area contributed by atoms with Crippen molar-refractivity contribution in [1.82, 2.24) is 0 Å². The third-order valence-corrected chi connectivity index (χ3v) is 2.83. The lowest BCUT2D eigenvalue weighted by Crippen LogP contribution is -2.28. The van der Waals surface area contributed by atoms with Crippen LogP contribution in [0.15, 0.2) is 12.1 Å². The van der Waals surface area contributed by atoms with Gasteiger partial charge in [-0.15, -0.1) is 0 Å². The summed E-state index contributed by atoms with van der Waals surface area (Å²) in [5.74, 6) is -2.45. The summed E-state index contributed by atoms with van der Waals surface area (Å²) < 4.78 is 38.2. The number of halogens is 2. The van der Waals surface area contributed by atoms with Crippen LogP contribution in [0.1, 0.15) is 17.3 Å². The molecule has 0 saturated carbocycles. The average Bonchev–Trinajstić information content (AvgIpc) is 2.53. The molecule has 132 valence electrons. The minimum Gasteiger partial charge on any atom is -0.467 e. The second kappa shape index (κ2) is 8.04. The van der Waals surface area contributed by atoms with Crippen molar-refractivity contribution in [3.8, 4) is 5.75 Å². The summed E-state index contributed by atoms with van der Waals surface area (Å²) in [5, 5.41) is 13.6. The standard InChI is InChI=1S/C13H14F2N2O7/c1-6(11(18)22-2)16-10-8(17(20)21)4-7(12(19)23-3)5-9(10)24-13(14)15/h4-6,13,16H,1-3H3. The molecule has 0 aliphatic carbocycles. The van der Waals surface area contributed by atoms with E-state index in [2.05, 4.69) is 19.5 Å². The first-order chi connectivity index (χ1) is 11.2. The number of nitrogens with one attached hydrogen (secondary N) is 1. The number of ether oxygens (including phenoxy) is 3. The molecular formula is C13H14F2N2O7. The largest absolute Gasteiger partial charge is 0.467 e. The Hall–Kier alpha value is -2.98. The molecule has 0 spiro atoms. The molecule has 0 aromatic heterocycles. The zero-order valence-electron chi connectivity index (χ0n) is 12.9. The molecule has 9 nitrogen and oxygen atoms in total. The van der Waals surface area contributed by atoms with Gasteiger partial charge in [0.15, 0.2) is 11.4 Å². The van der Waals surface area contributed by atoms with Gasteiger partial charge in [0, 0.05) is 6.07 Å². The zero-order valence-corrected chi connectivity index (χ0v) is 12.9. The van der Waals surface area contributed by atoms with Gasteiger partial charge in [0.1, 0.15) is 6.04 Å². The van der Waals surface area contributed by atoms with Crippen LogP contribution in [-0.4, -0.2) is 43.7 Å². The van der Waals surface area contributed by atoms with Gasteiger partial charge in [-0.1, -0.05) is 0 Å². The minimum absolute atomic E-state index is 0.365. The highest BCUT2D eigenvalue weighted by Gasteiger charge is 2.28. The molecule has 0 aliphatic rings. The van der Waals surface area contributed by atoms with Crippen LogP contribution in [0.3, 0.4) is 0 Å². The van der Waals surface area contributed by atoms with E-state index in [1.807, 2.05) is 0 Å². The fourth-order valence-corrected chi connectivity index (χ4v) is 1.77. The van der Waals surface area contributed by atoms with Crippen molar-refractivity contribution in [2.24, 2.45) is 0 Å². The minimum atomic E-state index is -3.31. The third kappa shape index (κ3) is 4.51. The van der Waals surface area contributed by atoms with E-state index in [4.69, 9.17) is 0 Å². The van der Waals surface area contributed by atoms with Crippen molar-refractivity contribution in [3.05, 3.63) is 27.8 Å². The van der Waals surface area contributed by atoms with Crippen LogP contribution in [0.4, 0.5) is 20.2 Å². The van der Waals surface area contributed by atoms with Crippen molar-refractivity contribution >= 4 is 23.3 Å². The average molecular weight is 348 g/mol. The van der Waals surface area contributed by atoms with E-state index < -0.39 is 46.6 Å². The molecule has 0 fully saturated rings. The number of rotatable bonds is 7. The molecule has 1 aromatic carbocycles. The third-order valence-electron chi connectivity index (χ3n) is 2.83. The van der Waals surface area contributed by atoms with Crippen LogP contribution in [0.25, 0.3) is 0 Å². The highest BCUT2D eigenvalue weighted by atomic mass is 19.3. The number of hydrogen-bond donors (Lipinski definition) is 1. The van der Waals surface area contributed by atoms with Gasteiger partial charge in [-0.2, -0.15) is 8.78 Å². The summed E-state index contributed by atoms with van der Waals surface area (Å²) >= 11 is 0. The van der Waals surface area contributed by atoms with E-state index in [0.29, 0.717) is 0 Å². The number of esters is 2. The summed E-state index contributed by atoms with van der Waals surface area (Å²) in [7, 11) is 2.11. The van der Waals surface area contributed by atoms with Gasteiger partial charge in [0.25, 0.3) is 5.69 Å². The number of nitro groups is 1. The molecule has 0 radical (unpaired) electrons. The number of methoxy groups -OCH3 is 2. The zero-order chi connectivity index (χ0) is 18.4. The van der Waals surface area contributed by atoms with E-state index in [9.17, 15) is 28.5 Å². The van der Waals surface area contributed by atoms with Gasteiger partial charge in [0.2, 0.25) is 0 Å². The first kappa shape index (κ1) is 19.1. The molecule has 0 heterocycles. The van der Waals surface area contributed by atoms with Gasteiger partial charge in [-0.3, -0.25) is 10.1 Å². The number of carbonyl (C=O) groups excluding carboxylic acids is 2. The highest BCUT2D eigenvalue weighted by molar-refractivity contribution is 5.93. The number of anilines is 1. The Labute approximate surface area is 134 Å². The molecule has 24 heavy (non-hydrogen) atoms. The molecule has 1 unspecified atom stereocenters. The summed E-state index contributed by atoms with van der Waals surface area (Å²) in [6.07, 6.45) is 0. The molecule has 0 amide bonds. The fourth-order valence-electron chi connectivity index (χ4n) is 1.77. The smallest absolute Gasteiger partial charge is 0.387 e. The topological polar surface area (TPSA) is 117 Å². The van der Waals surface area contributed by atoms with Crippen molar-refractivity contribution in [2.75, 3.05) is 19.5 Å². The molecule has 0 bridgehead atoms. The molecule has 11 heteroatoms. The Morgan fingerprint density at radius 3 is 2.33 bits per heavy atom. The highest BCUT2D eigenvalue weighted by Crippen LogP contribution is 2.37. The number of hydrogen-bond acceptors (Lipinski definition) is 8. The predicted molar refractivity (Wildman–Crippen MR) is 76.2 cm³/mol. The molecular weight excluding hydrogens is 334 g/mol. The summed E-state index contributed by atoms with van der Waals surface area (Å²) in [4.78, 5) is 33.2. The SMILES string of the molecule is COC(=O)c1cc(OC(F)F)c(NC(C)C(=O)OC)c([N+](=O)[O-])c1. The van der Waals surface area contributed by atoms with Gasteiger partial charge >= 0.3 is 18.6 Å². The lowest BCUT2D eigenvalue weighted by molar-refractivity contribution is -0.384. The Balaban J connectivity index is 3.47. The maximum Gasteiger partial charge on any atom is 0.387 e. The second-order valence-electron chi connectivity index (χ2n) is 4.38. The van der Waals surface area contributed by atoms with Crippen LogP contribution in [-0.2, 0) is 14.3 Å². The van der Waals surface area contributed by atoms with E-state index >= 15 is 0 Å². The first-order valence-electron chi connectivity index (χ1n) is 6.41. The van der Waals surface area contributed by atoms with Gasteiger partial charge in [-0.05, 0) is 13.0 Å². The monoisotopic (exact) mass is 348 g/mol. The Morgan fingerprint density at radius 2 is 1.88 bits per heavy atom. The normalized spacial score (nSPS) is 11.6. The molecule has 0 aliphatic heterocycles. The van der Waals surface area contributed by atoms with Gasteiger partial charge < -0.3 is 19.5 Å². The predicted octanol–water partition coefficient (Wildman–Crippen LogP) is 1.96. The summed E-state index contributed by atoms with van der Waals surface area (Å²) in [5.41, 5.74) is -1.61. The Kier molecular flexibility index (Phi) is 6.38. The van der Waals surface area contributed by atoms with E-state index in [0.717, 1.165) is 26.4 Å². The molecule has 1 rings (SSSR count). The van der Waals surface area contributed by atoms with Gasteiger partial charge in [-0.25, -0.2) is 9.59 Å². The maximum absolute atomic E-state index is 12.6. The number of benzene rings is 1. The molecule has 1 aromatic rings. The number of nitro benzene ring substituents is 1. The number of nitrogens with zero attached hydrogens (tertiary/aromatic N) is 1. The summed E-state index contributed by atoms with van der Waals surface area (Å²) in [6, 6.07) is 0.561. The Bertz CT molecular complexity index is 651. The van der Waals surface area contributed by atoms with Crippen LogP contribution < -0.4 is 10.1 Å². The lowest BCUT2D eigenvalue weighted by atomic mass is 10.1. The quantitative estimate of drug-likeness (QED) is 0.451. The van der Waals surface area contributed by atoms with Crippen LogP contribution >= 0.6 is 0 Å². The van der Waals surface area contributed by atoms with Crippen molar-refractivity contribution in [1.29, 1.82) is 0 Å². The van der Waals surface area contributed by atoms with Crippen LogP contribution in [0.2, 0.25) is 0 Å². The maximum atomic E-state index is 12.6. The molecule has 1 N–H and O–H groups in total. The van der Waals surface area contributed by atoms with Crippen molar-refractivity contribution in [2.45, 2.75) is 19.6 Å². The molecule has 0 saturated heterocycles. The number of alkyl halides is 2. The second-order valence-corrected chi connectivity index (χ2v) is 4.38. The van der Waals surface area contributed by atoms with Crippen molar-refractivity contribution < 1.29 is 37.5 Å². The van der Waals surface area contributed by atoms with E-state index in [1.54, 1.807) is 0 Å². The van der Waals surface area contributed by atoms with E-state index in [-0.39, 0.29) is 5.56 Å². The number of carbonyl (C=O) groups is 2. The van der Waals surface area contributed by atoms with Gasteiger partial charge in [0.05, 0.1) is 24.7 Å². The Morgan fingerprint density at radius 1 is 1.25 bits per heavy atom. The summed E-state index contributed by atoms with van der Waals surface area (Å²) in [6.45, 7) is -2.01. The van der Waals surface area contributed by atoms with Crippen molar-refractivity contribution in [3.63, 3.8) is 0 Å². The first-order valence-corrected chi connectivity index (χ1v) is 6.41. The van der Waals surface area contributed by atoms with E-state index in [1.165, 1.54) is 6.92 Å². The molecule has 1 atom stereocenters. The lowest BCUT2D eigenvalue weighted by Gasteiger charge is -2.17. The van der Waals surface area contributed by atoms with Crippen LogP contribution in [0, 0.1) is 10.1 Å². The fraction of sp³-hybridized carbons (Fsp3) is 0.385.